The third-order valence-corrected chi connectivity index (χ3v) is 3.37. The van der Waals surface area contributed by atoms with Crippen LogP contribution in [0.1, 0.15) is 32.0 Å². The Bertz CT molecular complexity index is 487. The molecule has 1 aromatic heterocycles. The molecule has 0 bridgehead atoms. The fourth-order valence-corrected chi connectivity index (χ4v) is 2.15. The van der Waals surface area contributed by atoms with Gasteiger partial charge in [-0.3, -0.25) is 0 Å². The maximum atomic E-state index is 12.1. The van der Waals surface area contributed by atoms with Gasteiger partial charge in [0, 0.05) is 13.1 Å². The first-order valence-corrected chi connectivity index (χ1v) is 6.76. The van der Waals surface area contributed by atoms with E-state index in [0.717, 1.165) is 12.8 Å². The summed E-state index contributed by atoms with van der Waals surface area (Å²) >= 11 is 0. The van der Waals surface area contributed by atoms with E-state index in [1.807, 2.05) is 11.5 Å². The molecule has 0 aromatic carbocycles. The molecule has 1 atom stereocenters. The van der Waals surface area contributed by atoms with Gasteiger partial charge in [0.05, 0.1) is 6.54 Å². The van der Waals surface area contributed by atoms with Crippen LogP contribution in [0.15, 0.2) is 6.33 Å². The number of carboxylic acid groups (broad SMARTS) is 1. The second-order valence-electron chi connectivity index (χ2n) is 4.84. The molecule has 0 saturated carbocycles. The summed E-state index contributed by atoms with van der Waals surface area (Å²) in [7, 11) is 0. The number of amides is 2. The van der Waals surface area contributed by atoms with Gasteiger partial charge in [0.1, 0.15) is 12.4 Å². The van der Waals surface area contributed by atoms with Crippen LogP contribution in [0, 0.1) is 0 Å². The molecular formula is C12H19N5O3. The number of hydrogen-bond donors (Lipinski definition) is 2. The SMILES string of the molecule is CCCC[C@H](NC(=O)N1CCn2cnnc2C1)C(=O)O. The van der Waals surface area contributed by atoms with E-state index in [9.17, 15) is 9.59 Å². The Kier molecular flexibility index (Phi) is 4.54. The Labute approximate surface area is 116 Å². The average molecular weight is 281 g/mol. The number of unbranched alkanes of at least 4 members (excludes halogenated alkanes) is 1. The summed E-state index contributed by atoms with van der Waals surface area (Å²) in [6.45, 7) is 3.49. The fraction of sp³-hybridized carbons (Fsp3) is 0.667. The zero-order valence-electron chi connectivity index (χ0n) is 11.4. The van der Waals surface area contributed by atoms with E-state index in [0.29, 0.717) is 31.9 Å². The summed E-state index contributed by atoms with van der Waals surface area (Å²) in [5.74, 6) is -0.279. The van der Waals surface area contributed by atoms with E-state index < -0.39 is 12.0 Å². The number of carboxylic acids is 1. The van der Waals surface area contributed by atoms with Gasteiger partial charge in [-0.25, -0.2) is 9.59 Å². The first-order chi connectivity index (χ1) is 9.61. The van der Waals surface area contributed by atoms with Crippen LogP contribution in [-0.4, -0.2) is 49.4 Å². The van der Waals surface area contributed by atoms with E-state index in [2.05, 4.69) is 15.5 Å². The van der Waals surface area contributed by atoms with Crippen LogP contribution in [0.3, 0.4) is 0 Å². The molecule has 8 heteroatoms. The van der Waals surface area contributed by atoms with Crippen molar-refractivity contribution < 1.29 is 14.7 Å². The topological polar surface area (TPSA) is 100 Å². The van der Waals surface area contributed by atoms with Gasteiger partial charge in [-0.2, -0.15) is 0 Å². The average Bonchev–Trinajstić information content (AvgIpc) is 2.90. The number of carbonyl (C=O) groups excluding carboxylic acids is 1. The minimum Gasteiger partial charge on any atom is -0.480 e. The molecule has 1 aliphatic heterocycles. The third-order valence-electron chi connectivity index (χ3n) is 3.37. The Morgan fingerprint density at radius 3 is 3.00 bits per heavy atom. The van der Waals surface area contributed by atoms with E-state index >= 15 is 0 Å². The number of nitrogens with one attached hydrogen (secondary N) is 1. The van der Waals surface area contributed by atoms with Crippen molar-refractivity contribution in [3.63, 3.8) is 0 Å². The Hall–Kier alpha value is -2.12. The highest BCUT2D eigenvalue weighted by molar-refractivity contribution is 5.82. The third kappa shape index (κ3) is 3.25. The lowest BCUT2D eigenvalue weighted by atomic mass is 10.1. The minimum atomic E-state index is -0.994. The summed E-state index contributed by atoms with van der Waals surface area (Å²) < 4.78 is 1.88. The number of hydrogen-bond acceptors (Lipinski definition) is 4. The van der Waals surface area contributed by atoms with E-state index in [-0.39, 0.29) is 6.03 Å². The zero-order chi connectivity index (χ0) is 14.5. The first-order valence-electron chi connectivity index (χ1n) is 6.76. The lowest BCUT2D eigenvalue weighted by Crippen LogP contribution is -2.49. The van der Waals surface area contributed by atoms with Gasteiger partial charge >= 0.3 is 12.0 Å². The van der Waals surface area contributed by atoms with Gasteiger partial charge in [0.15, 0.2) is 5.82 Å². The van der Waals surface area contributed by atoms with Crippen LogP contribution in [-0.2, 0) is 17.9 Å². The molecule has 1 aliphatic rings. The molecule has 2 heterocycles. The van der Waals surface area contributed by atoms with Crippen LogP contribution in [0.25, 0.3) is 0 Å². The summed E-state index contributed by atoms with van der Waals surface area (Å²) in [4.78, 5) is 24.8. The van der Waals surface area contributed by atoms with Crippen molar-refractivity contribution in [1.82, 2.24) is 25.0 Å². The highest BCUT2D eigenvalue weighted by Gasteiger charge is 2.26. The molecule has 8 nitrogen and oxygen atoms in total. The van der Waals surface area contributed by atoms with Gasteiger partial charge in [-0.15, -0.1) is 10.2 Å². The summed E-state index contributed by atoms with van der Waals surface area (Å²) in [5, 5.41) is 19.4. The molecule has 0 aliphatic carbocycles. The standard InChI is InChI=1S/C12H19N5O3/c1-2-3-4-9(11(18)19)14-12(20)16-5-6-17-8-13-15-10(17)7-16/h8-9H,2-7H2,1H3,(H,14,20)(H,18,19)/t9-/m0/s1. The molecule has 0 radical (unpaired) electrons. The molecular weight excluding hydrogens is 262 g/mol. The van der Waals surface area contributed by atoms with Crippen molar-refractivity contribution >= 4 is 12.0 Å². The smallest absolute Gasteiger partial charge is 0.326 e. The van der Waals surface area contributed by atoms with Gasteiger partial charge < -0.3 is 19.9 Å². The Balaban J connectivity index is 1.92. The lowest BCUT2D eigenvalue weighted by Gasteiger charge is -2.28. The van der Waals surface area contributed by atoms with Gasteiger partial charge in [0.25, 0.3) is 0 Å². The molecule has 0 saturated heterocycles. The number of nitrogens with zero attached hydrogens (tertiary/aromatic N) is 4. The minimum absolute atomic E-state index is 0.353. The number of aromatic nitrogens is 3. The Morgan fingerprint density at radius 1 is 1.50 bits per heavy atom. The number of carbonyl (C=O) groups is 2. The van der Waals surface area contributed by atoms with Gasteiger partial charge in [-0.05, 0) is 6.42 Å². The molecule has 1 aromatic rings. The Morgan fingerprint density at radius 2 is 2.30 bits per heavy atom. The first kappa shape index (κ1) is 14.3. The van der Waals surface area contributed by atoms with Crippen LogP contribution in [0.4, 0.5) is 4.79 Å². The van der Waals surface area contributed by atoms with E-state index in [1.165, 1.54) is 0 Å². The lowest BCUT2D eigenvalue weighted by molar-refractivity contribution is -0.139. The highest BCUT2D eigenvalue weighted by atomic mass is 16.4. The molecule has 0 unspecified atom stereocenters. The summed E-state index contributed by atoms with van der Waals surface area (Å²) in [6, 6.07) is -1.19. The molecule has 20 heavy (non-hydrogen) atoms. The number of fused-ring (bicyclic) bond motifs is 1. The van der Waals surface area contributed by atoms with Crippen molar-refractivity contribution in [3.05, 3.63) is 12.2 Å². The summed E-state index contributed by atoms with van der Waals surface area (Å²) in [5.41, 5.74) is 0. The molecule has 2 rings (SSSR count). The van der Waals surface area contributed by atoms with E-state index in [1.54, 1.807) is 11.2 Å². The van der Waals surface area contributed by atoms with Crippen molar-refractivity contribution in [1.29, 1.82) is 0 Å². The van der Waals surface area contributed by atoms with Crippen LogP contribution >= 0.6 is 0 Å². The molecule has 2 amide bonds. The second kappa shape index (κ2) is 6.36. The van der Waals surface area contributed by atoms with Crippen molar-refractivity contribution in [3.8, 4) is 0 Å². The van der Waals surface area contributed by atoms with Crippen molar-refractivity contribution in [2.45, 2.75) is 45.3 Å². The molecule has 2 N–H and O–H groups in total. The normalized spacial score (nSPS) is 15.6. The maximum Gasteiger partial charge on any atom is 0.326 e. The van der Waals surface area contributed by atoms with Crippen molar-refractivity contribution in [2.75, 3.05) is 6.54 Å². The predicted octanol–water partition coefficient (Wildman–Crippen LogP) is 0.447. The maximum absolute atomic E-state index is 12.1. The van der Waals surface area contributed by atoms with Crippen molar-refractivity contribution in [2.24, 2.45) is 0 Å². The monoisotopic (exact) mass is 281 g/mol. The quantitative estimate of drug-likeness (QED) is 0.816. The largest absolute Gasteiger partial charge is 0.480 e. The zero-order valence-corrected chi connectivity index (χ0v) is 11.4. The van der Waals surface area contributed by atoms with Gasteiger partial charge in [0.2, 0.25) is 0 Å². The predicted molar refractivity (Wildman–Crippen MR) is 69.9 cm³/mol. The summed E-state index contributed by atoms with van der Waals surface area (Å²) in [6.07, 6.45) is 3.74. The van der Waals surface area contributed by atoms with E-state index in [4.69, 9.17) is 5.11 Å². The number of urea groups is 1. The second-order valence-corrected chi connectivity index (χ2v) is 4.84. The van der Waals surface area contributed by atoms with Gasteiger partial charge in [-0.1, -0.05) is 19.8 Å². The fourth-order valence-electron chi connectivity index (χ4n) is 2.15. The number of rotatable bonds is 5. The highest BCUT2D eigenvalue weighted by Crippen LogP contribution is 2.10. The van der Waals surface area contributed by atoms with Crippen LogP contribution < -0.4 is 5.32 Å². The molecule has 0 spiro atoms. The molecule has 110 valence electrons. The number of aliphatic carboxylic acids is 1. The van der Waals surface area contributed by atoms with Crippen LogP contribution in [0.2, 0.25) is 0 Å². The molecule has 0 fully saturated rings. The van der Waals surface area contributed by atoms with Crippen LogP contribution in [0.5, 0.6) is 0 Å².